The van der Waals surface area contributed by atoms with Gasteiger partial charge in [-0.3, -0.25) is 0 Å². The Labute approximate surface area is 130 Å². The quantitative estimate of drug-likeness (QED) is 0.608. The highest BCUT2D eigenvalue weighted by molar-refractivity contribution is 7.90. The van der Waals surface area contributed by atoms with E-state index in [-0.39, 0.29) is 14.1 Å². The van der Waals surface area contributed by atoms with Crippen molar-refractivity contribution in [1.82, 2.24) is 4.31 Å². The lowest BCUT2D eigenvalue weighted by Gasteiger charge is -2.39. The van der Waals surface area contributed by atoms with Crippen LogP contribution in [-0.4, -0.2) is 61.9 Å². The number of hydrogen-bond donors (Lipinski definition) is 0. The fraction of sp³-hybridized carbons (Fsp3) is 1.00. The molecule has 0 aromatic rings. The van der Waals surface area contributed by atoms with Gasteiger partial charge in [-0.1, -0.05) is 0 Å². The van der Waals surface area contributed by atoms with Crippen LogP contribution in [0.3, 0.4) is 0 Å². The zero-order valence-electron chi connectivity index (χ0n) is 11.6. The van der Waals surface area contributed by atoms with Crippen LogP contribution in [0.1, 0.15) is 0 Å². The number of sulfonamides is 1. The van der Waals surface area contributed by atoms with Crippen molar-refractivity contribution < 1.29 is 65.5 Å². The van der Waals surface area contributed by atoms with Crippen molar-refractivity contribution in [2.45, 2.75) is 35.1 Å². The van der Waals surface area contributed by atoms with Gasteiger partial charge in [0.25, 0.3) is 10.0 Å². The molecule has 0 rings (SSSR count). The Kier molecular flexibility index (Phi) is 5.52. The van der Waals surface area contributed by atoms with E-state index in [1.807, 2.05) is 0 Å². The Morgan fingerprint density at radius 2 is 0.840 bits per heavy atom. The van der Waals surface area contributed by atoms with Crippen LogP contribution in [0.2, 0.25) is 0 Å². The summed E-state index contributed by atoms with van der Waals surface area (Å²) < 4.78 is 186. The third kappa shape index (κ3) is 2.91. The summed E-state index contributed by atoms with van der Waals surface area (Å²) in [4.78, 5) is 0. The highest BCUT2D eigenvalue weighted by Gasteiger charge is 2.92. The molecule has 0 N–H and O–H groups in total. The minimum Gasteiger partial charge on any atom is -0.206 e. The lowest BCUT2D eigenvalue weighted by atomic mass is 9.98. The molecule has 0 bridgehead atoms. The van der Waals surface area contributed by atoms with Crippen molar-refractivity contribution in [3.8, 4) is 0 Å². The van der Waals surface area contributed by atoms with E-state index in [2.05, 4.69) is 0 Å². The van der Waals surface area contributed by atoms with Crippen LogP contribution in [-0.2, 0) is 10.0 Å². The largest absolute Gasteiger partial charge is 0.460 e. The van der Waals surface area contributed by atoms with Crippen LogP contribution in [0.25, 0.3) is 0 Å². The normalized spacial score (nSPS) is 16.5. The summed E-state index contributed by atoms with van der Waals surface area (Å²) in [5.41, 5.74) is 0. The molecule has 0 spiro atoms. The van der Waals surface area contributed by atoms with Gasteiger partial charge in [0, 0.05) is 14.1 Å². The molecule has 0 heterocycles. The Balaban J connectivity index is 6.60. The smallest absolute Gasteiger partial charge is 0.206 e. The van der Waals surface area contributed by atoms with Crippen molar-refractivity contribution in [2.24, 2.45) is 0 Å². The molecule has 0 saturated heterocycles. The van der Waals surface area contributed by atoms with Crippen LogP contribution in [0, 0.1) is 0 Å². The molecule has 0 aliphatic heterocycles. The average molecular weight is 427 g/mol. The van der Waals surface area contributed by atoms with Crippen LogP contribution in [0.4, 0.5) is 57.1 Å². The highest BCUT2D eigenvalue weighted by Crippen LogP contribution is 2.61. The summed E-state index contributed by atoms with van der Waals surface area (Å²) in [6, 6.07) is 0. The number of hydrogen-bond acceptors (Lipinski definition) is 2. The van der Waals surface area contributed by atoms with Gasteiger partial charge in [-0.15, -0.1) is 0 Å². The molecule has 0 amide bonds. The molecule has 17 heteroatoms. The van der Waals surface area contributed by atoms with E-state index in [4.69, 9.17) is 0 Å². The average Bonchev–Trinajstić information content (AvgIpc) is 2.35. The summed E-state index contributed by atoms with van der Waals surface area (Å²) in [6.07, 6.45) is -7.55. The predicted molar refractivity (Wildman–Crippen MR) is 53.4 cm³/mol. The minimum atomic E-state index is -8.13. The molecular formula is C8H6F13NO2S. The van der Waals surface area contributed by atoms with E-state index in [0.29, 0.717) is 0 Å². The highest BCUT2D eigenvalue weighted by atomic mass is 32.2. The predicted octanol–water partition coefficient (Wildman–Crippen LogP) is 3.57. The van der Waals surface area contributed by atoms with Crippen LogP contribution < -0.4 is 0 Å². The van der Waals surface area contributed by atoms with E-state index in [9.17, 15) is 65.5 Å². The number of alkyl halides is 13. The van der Waals surface area contributed by atoms with Gasteiger partial charge in [0.15, 0.2) is 0 Å². The number of halogens is 13. The molecule has 0 aliphatic carbocycles. The Hall–Kier alpha value is -1.00. The molecule has 0 aromatic heterocycles. The monoisotopic (exact) mass is 427 g/mol. The minimum absolute atomic E-state index is 0.0555. The SMILES string of the molecule is CN(C)S(=O)(=O)C(F)(F)C(F)(F)C(F)(F)C(F)(F)C(F)(F)C(F)(F)F. The van der Waals surface area contributed by atoms with Gasteiger partial charge in [0.1, 0.15) is 0 Å². The first kappa shape index (κ1) is 24.0. The van der Waals surface area contributed by atoms with Crippen LogP contribution in [0.5, 0.6) is 0 Å². The second-order valence-electron chi connectivity index (χ2n) is 4.60. The summed E-state index contributed by atoms with van der Waals surface area (Å²) in [7, 11) is -6.74. The summed E-state index contributed by atoms with van der Waals surface area (Å²) in [5, 5.41) is -7.17. The molecule has 0 unspecified atom stereocenters. The molecule has 0 fully saturated rings. The topological polar surface area (TPSA) is 37.4 Å². The second-order valence-corrected chi connectivity index (χ2v) is 6.79. The second kappa shape index (κ2) is 5.75. The third-order valence-corrected chi connectivity index (χ3v) is 4.58. The van der Waals surface area contributed by atoms with Crippen molar-refractivity contribution in [2.75, 3.05) is 14.1 Å². The molecule has 0 atom stereocenters. The molecule has 3 nitrogen and oxygen atoms in total. The van der Waals surface area contributed by atoms with E-state index in [1.165, 1.54) is 0 Å². The third-order valence-electron chi connectivity index (χ3n) is 2.71. The fourth-order valence-electron chi connectivity index (χ4n) is 1.15. The van der Waals surface area contributed by atoms with E-state index in [1.54, 1.807) is 0 Å². The molecule has 0 aliphatic rings. The first-order valence-electron chi connectivity index (χ1n) is 5.32. The summed E-state index contributed by atoms with van der Waals surface area (Å²) in [6.45, 7) is 0. The van der Waals surface area contributed by atoms with E-state index in [0.717, 1.165) is 0 Å². The first-order chi connectivity index (χ1) is 10.4. The maximum absolute atomic E-state index is 13.2. The number of nitrogens with zero attached hydrogens (tertiary/aromatic N) is 1. The standard InChI is InChI=1S/C8H6F13NO2S/c1-22(2)25(23,24)8(20,21)6(15,16)4(11,12)3(9,10)5(13,14)7(17,18)19/h1-2H3. The molecule has 0 aromatic carbocycles. The van der Waals surface area contributed by atoms with Gasteiger partial charge in [0.05, 0.1) is 0 Å². The lowest BCUT2D eigenvalue weighted by molar-refractivity contribution is -0.433. The Morgan fingerprint density at radius 1 is 0.560 bits per heavy atom. The Morgan fingerprint density at radius 3 is 1.08 bits per heavy atom. The number of rotatable bonds is 6. The molecule has 25 heavy (non-hydrogen) atoms. The van der Waals surface area contributed by atoms with Gasteiger partial charge in [-0.05, 0) is 0 Å². The molecule has 0 saturated carbocycles. The van der Waals surface area contributed by atoms with Crippen molar-refractivity contribution in [3.63, 3.8) is 0 Å². The zero-order chi connectivity index (χ0) is 21.1. The molecular weight excluding hydrogens is 421 g/mol. The van der Waals surface area contributed by atoms with Gasteiger partial charge in [0.2, 0.25) is 0 Å². The van der Waals surface area contributed by atoms with Gasteiger partial charge < -0.3 is 0 Å². The zero-order valence-corrected chi connectivity index (χ0v) is 12.4. The Bertz CT molecular complexity index is 606. The van der Waals surface area contributed by atoms with Gasteiger partial charge >= 0.3 is 35.1 Å². The van der Waals surface area contributed by atoms with Gasteiger partial charge in [-0.25, -0.2) is 12.7 Å². The first-order valence-corrected chi connectivity index (χ1v) is 6.76. The van der Waals surface area contributed by atoms with Crippen molar-refractivity contribution in [3.05, 3.63) is 0 Å². The maximum Gasteiger partial charge on any atom is 0.460 e. The lowest BCUT2D eigenvalue weighted by Crippen LogP contribution is -2.71. The van der Waals surface area contributed by atoms with Crippen molar-refractivity contribution in [1.29, 1.82) is 0 Å². The van der Waals surface area contributed by atoms with E-state index < -0.39 is 49.4 Å². The van der Waals surface area contributed by atoms with Crippen LogP contribution >= 0.6 is 0 Å². The summed E-state index contributed by atoms with van der Waals surface area (Å²) >= 11 is 0. The summed E-state index contributed by atoms with van der Waals surface area (Å²) in [5.74, 6) is -32.0. The van der Waals surface area contributed by atoms with Gasteiger partial charge in [-0.2, -0.15) is 57.1 Å². The van der Waals surface area contributed by atoms with E-state index >= 15 is 0 Å². The molecule has 0 radical (unpaired) electrons. The fourth-order valence-corrected chi connectivity index (χ4v) is 2.06. The molecule has 152 valence electrons. The van der Waals surface area contributed by atoms with Crippen molar-refractivity contribution >= 4 is 10.0 Å². The van der Waals surface area contributed by atoms with Crippen LogP contribution in [0.15, 0.2) is 0 Å². The maximum atomic E-state index is 13.2.